The smallest absolute Gasteiger partial charge is 0.321 e. The molecule has 3 N–H and O–H groups in total. The van der Waals surface area contributed by atoms with E-state index in [1.54, 1.807) is 18.5 Å². The van der Waals surface area contributed by atoms with Crippen molar-refractivity contribution in [2.24, 2.45) is 5.92 Å². The van der Waals surface area contributed by atoms with Crippen LogP contribution >= 0.6 is 11.3 Å². The second kappa shape index (κ2) is 8.77. The number of carbonyl (C=O) groups is 2. The fourth-order valence-electron chi connectivity index (χ4n) is 3.19. The Balaban J connectivity index is 1.56. The summed E-state index contributed by atoms with van der Waals surface area (Å²) in [5, 5.41) is 15.2. The molecule has 0 unspecified atom stereocenters. The van der Waals surface area contributed by atoms with Crippen LogP contribution in [0.15, 0.2) is 16.8 Å². The summed E-state index contributed by atoms with van der Waals surface area (Å²) in [7, 11) is 0. The second-order valence-corrected chi connectivity index (χ2v) is 9.21. The van der Waals surface area contributed by atoms with Gasteiger partial charge >= 0.3 is 12.0 Å². The average molecular weight is 419 g/mol. The van der Waals surface area contributed by atoms with Gasteiger partial charge in [0, 0.05) is 28.6 Å². The predicted octanol–water partition coefficient (Wildman–Crippen LogP) is 4.36. The highest BCUT2D eigenvalue weighted by molar-refractivity contribution is 7.16. The fourth-order valence-corrected chi connectivity index (χ4v) is 3.90. The minimum Gasteiger partial charge on any atom is -0.481 e. The first-order valence-electron chi connectivity index (χ1n) is 9.63. The maximum absolute atomic E-state index is 12.2. The number of rotatable bonds is 5. The minimum atomic E-state index is -0.863. The molecule has 1 saturated carbocycles. The first-order chi connectivity index (χ1) is 13.7. The molecule has 0 aliphatic heterocycles. The molecule has 2 aromatic rings. The van der Waals surface area contributed by atoms with Gasteiger partial charge in [-0.05, 0) is 18.9 Å². The van der Waals surface area contributed by atoms with Crippen molar-refractivity contribution in [2.75, 3.05) is 5.32 Å². The molecule has 1 fully saturated rings. The number of anilines is 1. The van der Waals surface area contributed by atoms with Crippen molar-refractivity contribution in [1.82, 2.24) is 15.3 Å². The number of hydrogen-bond acceptors (Lipinski definition) is 6. The summed E-state index contributed by atoms with van der Waals surface area (Å²) in [6.07, 6.45) is 9.99. The van der Waals surface area contributed by atoms with E-state index in [2.05, 4.69) is 41.4 Å². The Kier molecular flexibility index (Phi) is 6.36. The van der Waals surface area contributed by atoms with Crippen LogP contribution in [0, 0.1) is 5.92 Å². The summed E-state index contributed by atoms with van der Waals surface area (Å²) in [4.78, 5) is 32.9. The molecule has 9 heteroatoms. The highest BCUT2D eigenvalue weighted by atomic mass is 32.1. The Morgan fingerprint density at radius 1 is 1.21 bits per heavy atom. The van der Waals surface area contributed by atoms with Gasteiger partial charge in [0.05, 0.1) is 12.1 Å². The van der Waals surface area contributed by atoms with Gasteiger partial charge in [-0.3, -0.25) is 10.1 Å². The second-order valence-electron chi connectivity index (χ2n) is 8.15. The number of aliphatic carboxylic acids is 1. The van der Waals surface area contributed by atoms with E-state index in [4.69, 9.17) is 4.42 Å². The first-order valence-corrected chi connectivity index (χ1v) is 10.4. The minimum absolute atomic E-state index is 0.105. The zero-order valence-electron chi connectivity index (χ0n) is 16.8. The SMILES string of the molecule is CC(C)(C)c1cnc(C=Cc2cnc(NC(=O)N[C@H]3CCCC[C@H]3C(=O)O)s2)o1. The van der Waals surface area contributed by atoms with Gasteiger partial charge in [0.1, 0.15) is 5.76 Å². The van der Waals surface area contributed by atoms with Crippen molar-refractivity contribution < 1.29 is 19.1 Å². The van der Waals surface area contributed by atoms with Crippen LogP contribution in [0.5, 0.6) is 0 Å². The molecule has 1 aliphatic rings. The lowest BCUT2D eigenvalue weighted by Gasteiger charge is -2.29. The van der Waals surface area contributed by atoms with Crippen LogP contribution in [-0.2, 0) is 10.2 Å². The number of hydrogen-bond donors (Lipinski definition) is 3. The Labute approximate surface area is 173 Å². The van der Waals surface area contributed by atoms with E-state index in [9.17, 15) is 14.7 Å². The highest BCUT2D eigenvalue weighted by Gasteiger charge is 2.31. The molecule has 0 spiro atoms. The van der Waals surface area contributed by atoms with Crippen molar-refractivity contribution in [3.8, 4) is 0 Å². The number of amides is 2. The monoisotopic (exact) mass is 418 g/mol. The molecule has 1 aliphatic carbocycles. The van der Waals surface area contributed by atoms with Crippen LogP contribution in [0.1, 0.15) is 63.0 Å². The van der Waals surface area contributed by atoms with E-state index in [1.807, 2.05) is 6.08 Å². The van der Waals surface area contributed by atoms with Gasteiger partial charge in [-0.2, -0.15) is 0 Å². The number of nitrogens with one attached hydrogen (secondary N) is 2. The summed E-state index contributed by atoms with van der Waals surface area (Å²) in [5.74, 6) is -0.0867. The molecule has 29 heavy (non-hydrogen) atoms. The van der Waals surface area contributed by atoms with E-state index in [1.165, 1.54) is 11.3 Å². The highest BCUT2D eigenvalue weighted by Crippen LogP contribution is 2.26. The van der Waals surface area contributed by atoms with Crippen molar-refractivity contribution in [1.29, 1.82) is 0 Å². The van der Waals surface area contributed by atoms with Gasteiger partial charge in [0.2, 0.25) is 5.89 Å². The predicted molar refractivity (Wildman–Crippen MR) is 112 cm³/mol. The molecule has 0 bridgehead atoms. The zero-order chi connectivity index (χ0) is 21.0. The molecular formula is C20H26N4O4S. The molecule has 2 heterocycles. The van der Waals surface area contributed by atoms with Crippen molar-refractivity contribution in [3.05, 3.63) is 28.9 Å². The number of carboxylic acids is 1. The Morgan fingerprint density at radius 2 is 1.97 bits per heavy atom. The van der Waals surface area contributed by atoms with Gasteiger partial charge < -0.3 is 14.8 Å². The first kappa shape index (κ1) is 21.0. The van der Waals surface area contributed by atoms with Gasteiger partial charge in [-0.1, -0.05) is 44.9 Å². The lowest BCUT2D eigenvalue weighted by Crippen LogP contribution is -2.46. The van der Waals surface area contributed by atoms with Crippen molar-refractivity contribution in [3.63, 3.8) is 0 Å². The lowest BCUT2D eigenvalue weighted by molar-refractivity contribution is -0.143. The van der Waals surface area contributed by atoms with E-state index in [0.717, 1.165) is 23.5 Å². The topological polar surface area (TPSA) is 117 Å². The third-order valence-corrected chi connectivity index (χ3v) is 5.67. The Hall–Kier alpha value is -2.68. The van der Waals surface area contributed by atoms with Crippen LogP contribution in [0.2, 0.25) is 0 Å². The summed E-state index contributed by atoms with van der Waals surface area (Å²) in [5.41, 5.74) is -0.105. The molecule has 2 amide bonds. The van der Waals surface area contributed by atoms with Gasteiger partial charge in [-0.15, -0.1) is 0 Å². The Bertz CT molecular complexity index is 896. The molecule has 0 radical (unpaired) electrons. The van der Waals surface area contributed by atoms with Gasteiger partial charge in [0.15, 0.2) is 5.13 Å². The van der Waals surface area contributed by atoms with Crippen LogP contribution in [0.25, 0.3) is 12.2 Å². The lowest BCUT2D eigenvalue weighted by atomic mass is 9.84. The number of carboxylic acid groups (broad SMARTS) is 1. The molecule has 0 aromatic carbocycles. The van der Waals surface area contributed by atoms with Gasteiger partial charge in [0.25, 0.3) is 0 Å². The van der Waals surface area contributed by atoms with E-state index in [-0.39, 0.29) is 11.5 Å². The molecule has 0 saturated heterocycles. The molecule has 2 atom stereocenters. The van der Waals surface area contributed by atoms with Crippen molar-refractivity contribution >= 4 is 40.6 Å². The molecule has 2 aromatic heterocycles. The van der Waals surface area contributed by atoms with E-state index < -0.39 is 17.9 Å². The summed E-state index contributed by atoms with van der Waals surface area (Å²) < 4.78 is 5.71. The van der Waals surface area contributed by atoms with E-state index in [0.29, 0.717) is 23.9 Å². The van der Waals surface area contributed by atoms with Crippen LogP contribution in [0.4, 0.5) is 9.93 Å². The number of carbonyl (C=O) groups excluding carboxylic acids is 1. The number of aromatic nitrogens is 2. The normalized spacial score (nSPS) is 20.0. The average Bonchev–Trinajstić information content (AvgIpc) is 3.29. The molecule has 156 valence electrons. The fraction of sp³-hybridized carbons (Fsp3) is 0.500. The Morgan fingerprint density at radius 3 is 2.66 bits per heavy atom. The standard InChI is InChI=1S/C20H26N4O4S/c1-20(2,3)15-11-21-16(28-15)9-8-12-10-22-19(29-12)24-18(27)23-14-7-5-4-6-13(14)17(25)26/h8-11,13-14H,4-7H2,1-3H3,(H,25,26)(H2,22,23,24,27)/t13-,14+/m1/s1. The van der Waals surface area contributed by atoms with Crippen LogP contribution < -0.4 is 10.6 Å². The molecule has 8 nitrogen and oxygen atoms in total. The van der Waals surface area contributed by atoms with Crippen LogP contribution in [0.3, 0.4) is 0 Å². The zero-order valence-corrected chi connectivity index (χ0v) is 17.6. The quantitative estimate of drug-likeness (QED) is 0.664. The number of oxazole rings is 1. The van der Waals surface area contributed by atoms with Gasteiger partial charge in [-0.25, -0.2) is 14.8 Å². The molecule has 3 rings (SSSR count). The third-order valence-electron chi connectivity index (χ3n) is 4.80. The van der Waals surface area contributed by atoms with Crippen LogP contribution in [-0.4, -0.2) is 33.1 Å². The number of nitrogens with zero attached hydrogens (tertiary/aromatic N) is 2. The largest absolute Gasteiger partial charge is 0.481 e. The van der Waals surface area contributed by atoms with E-state index >= 15 is 0 Å². The third kappa shape index (κ3) is 5.66. The molecular weight excluding hydrogens is 392 g/mol. The van der Waals surface area contributed by atoms with Crippen molar-refractivity contribution in [2.45, 2.75) is 57.9 Å². The maximum atomic E-state index is 12.2. The summed E-state index contributed by atoms with van der Waals surface area (Å²) >= 11 is 1.31. The maximum Gasteiger partial charge on any atom is 0.321 e. The number of urea groups is 1. The number of thiazole rings is 1. The summed E-state index contributed by atoms with van der Waals surface area (Å²) in [6.45, 7) is 6.16. The summed E-state index contributed by atoms with van der Waals surface area (Å²) in [6, 6.07) is -0.793.